The Kier molecular flexibility index (Phi) is 4.45. The van der Waals surface area contributed by atoms with Crippen LogP contribution in [-0.2, 0) is 32.1 Å². The van der Waals surface area contributed by atoms with Crippen LogP contribution in [-0.4, -0.2) is 20.2 Å². The van der Waals surface area contributed by atoms with Crippen LogP contribution in [0.3, 0.4) is 0 Å². The topological polar surface area (TPSA) is 43.6 Å². The number of tetrazole rings is 1. The lowest BCUT2D eigenvalue weighted by Gasteiger charge is -2.15. The Morgan fingerprint density at radius 3 is 2.18 bits per heavy atom. The van der Waals surface area contributed by atoms with Crippen molar-refractivity contribution >= 4 is 0 Å². The molecule has 0 atom stereocenters. The first-order valence-corrected chi connectivity index (χ1v) is 9.86. The van der Waals surface area contributed by atoms with E-state index >= 15 is 0 Å². The molecule has 4 aliphatic rings. The second kappa shape index (κ2) is 7.39. The van der Waals surface area contributed by atoms with Crippen molar-refractivity contribution in [2.24, 2.45) is 0 Å². The maximum absolute atomic E-state index is 4.35. The zero-order valence-electron chi connectivity index (χ0n) is 15.8. The van der Waals surface area contributed by atoms with Gasteiger partial charge >= 0.3 is 0 Å². The third kappa shape index (κ3) is 3.46. The van der Waals surface area contributed by atoms with Gasteiger partial charge in [0.25, 0.3) is 0 Å². The number of nitrogens with zero attached hydrogens (tertiary/aromatic N) is 4. The lowest BCUT2D eigenvalue weighted by molar-refractivity contribution is 0.755. The number of aryl methyl sites for hydroxylation is 4. The molecule has 0 saturated carbocycles. The summed E-state index contributed by atoms with van der Waals surface area (Å²) in [5.41, 5.74) is 7.70. The molecule has 0 N–H and O–H groups in total. The maximum Gasteiger partial charge on any atom is 0.161 e. The minimum absolute atomic E-state index is 0.721. The summed E-state index contributed by atoms with van der Waals surface area (Å²) in [6, 6.07) is 26.2. The summed E-state index contributed by atoms with van der Waals surface area (Å²) in [6.45, 7) is 0. The van der Waals surface area contributed by atoms with Crippen molar-refractivity contribution in [2.75, 3.05) is 0 Å². The highest BCUT2D eigenvalue weighted by atomic mass is 15.5. The first-order valence-electron chi connectivity index (χ1n) is 9.86. The largest absolute Gasteiger partial charge is 0.197 e. The average molecular weight is 366 g/mol. The molecule has 0 unspecified atom stereocenters. The van der Waals surface area contributed by atoms with Crippen LogP contribution < -0.4 is 0 Å². The lowest BCUT2D eigenvalue weighted by atomic mass is 9.95. The van der Waals surface area contributed by atoms with E-state index < -0.39 is 0 Å². The highest BCUT2D eigenvalue weighted by Gasteiger charge is 2.15. The van der Waals surface area contributed by atoms with Gasteiger partial charge in [0, 0.05) is 6.42 Å². The highest BCUT2D eigenvalue weighted by molar-refractivity contribution is 5.45. The minimum Gasteiger partial charge on any atom is -0.197 e. The minimum atomic E-state index is 0.721. The van der Waals surface area contributed by atoms with Gasteiger partial charge in [0.15, 0.2) is 5.82 Å². The fourth-order valence-electron chi connectivity index (χ4n) is 3.90. The van der Waals surface area contributed by atoms with Crippen LogP contribution in [0.15, 0.2) is 72.8 Å². The molecular formula is C24H22N4. The molecule has 0 radical (unpaired) electrons. The van der Waals surface area contributed by atoms with Crippen LogP contribution in [0.25, 0.3) is 5.69 Å². The zero-order chi connectivity index (χ0) is 18.8. The van der Waals surface area contributed by atoms with E-state index in [1.807, 2.05) is 10.7 Å². The Labute approximate surface area is 164 Å². The van der Waals surface area contributed by atoms with Gasteiger partial charge in [0.2, 0.25) is 0 Å². The van der Waals surface area contributed by atoms with Gasteiger partial charge in [-0.3, -0.25) is 0 Å². The van der Waals surface area contributed by atoms with Gasteiger partial charge in [-0.15, -0.1) is 5.10 Å². The molecule has 0 spiro atoms. The quantitative estimate of drug-likeness (QED) is 0.547. The van der Waals surface area contributed by atoms with E-state index in [1.54, 1.807) is 0 Å². The Bertz CT molecular complexity index is 1080. The van der Waals surface area contributed by atoms with Crippen molar-refractivity contribution in [3.8, 4) is 5.69 Å². The normalized spacial score (nSPS) is 13.3. The van der Waals surface area contributed by atoms with E-state index in [0.29, 0.717) is 0 Å². The number of benzene rings is 3. The third-order valence-electron chi connectivity index (χ3n) is 5.53. The van der Waals surface area contributed by atoms with Gasteiger partial charge in [-0.25, -0.2) is 0 Å². The Balaban J connectivity index is 1.53. The molecule has 4 nitrogen and oxygen atoms in total. The summed E-state index contributed by atoms with van der Waals surface area (Å²) in [7, 11) is 0. The summed E-state index contributed by atoms with van der Waals surface area (Å²) in [5.74, 6) is 0.875. The predicted octanol–water partition coefficient (Wildman–Crippen LogP) is 4.14. The first-order chi connectivity index (χ1) is 13.8. The number of rotatable bonds is 3. The summed E-state index contributed by atoms with van der Waals surface area (Å²) in [5, 5.41) is 12.7. The predicted molar refractivity (Wildman–Crippen MR) is 110 cm³/mol. The van der Waals surface area contributed by atoms with Crippen molar-refractivity contribution in [3.05, 3.63) is 106 Å². The van der Waals surface area contributed by atoms with E-state index in [1.165, 1.54) is 27.8 Å². The fraction of sp³-hybridized carbons (Fsp3) is 0.208. The number of hydrogen-bond donors (Lipinski definition) is 0. The second-order valence-electron chi connectivity index (χ2n) is 7.45. The summed E-state index contributed by atoms with van der Waals surface area (Å²) in [4.78, 5) is 0. The van der Waals surface area contributed by atoms with E-state index in [2.05, 4.69) is 82.3 Å². The van der Waals surface area contributed by atoms with Crippen LogP contribution in [0.2, 0.25) is 0 Å². The molecule has 28 heavy (non-hydrogen) atoms. The molecule has 4 aromatic rings. The standard InChI is InChI=1S/C24H22N4/c1-2-4-20(5-3-1)17-24-25-26-27-28(24)23-16-21-11-10-18-6-8-19(9-7-18)12-14-22(23)15-13-21/h1-9,13,15-16H,10-12,14,17H2. The summed E-state index contributed by atoms with van der Waals surface area (Å²) in [6.07, 6.45) is 4.77. The van der Waals surface area contributed by atoms with Crippen molar-refractivity contribution in [1.82, 2.24) is 20.2 Å². The molecule has 4 bridgehead atoms. The Morgan fingerprint density at radius 2 is 1.39 bits per heavy atom. The van der Waals surface area contributed by atoms with Gasteiger partial charge in [-0.2, -0.15) is 4.68 Å². The van der Waals surface area contributed by atoms with Crippen LogP contribution in [0.5, 0.6) is 0 Å². The van der Waals surface area contributed by atoms with Crippen molar-refractivity contribution in [3.63, 3.8) is 0 Å². The van der Waals surface area contributed by atoms with Gasteiger partial charge in [0.05, 0.1) is 5.69 Å². The van der Waals surface area contributed by atoms with Gasteiger partial charge in [-0.1, -0.05) is 66.7 Å². The molecule has 0 saturated heterocycles. The van der Waals surface area contributed by atoms with Crippen LogP contribution in [0.4, 0.5) is 0 Å². The average Bonchev–Trinajstić information content (AvgIpc) is 3.18. The van der Waals surface area contributed by atoms with E-state index in [4.69, 9.17) is 0 Å². The number of hydrogen-bond acceptors (Lipinski definition) is 3. The van der Waals surface area contributed by atoms with Crippen molar-refractivity contribution in [2.45, 2.75) is 32.1 Å². The second-order valence-corrected chi connectivity index (χ2v) is 7.45. The molecule has 1 aromatic heterocycles. The van der Waals surface area contributed by atoms with Crippen molar-refractivity contribution < 1.29 is 0 Å². The summed E-state index contributed by atoms with van der Waals surface area (Å²) >= 11 is 0. The molecule has 0 fully saturated rings. The molecule has 4 aliphatic carbocycles. The van der Waals surface area contributed by atoms with Gasteiger partial charge in [-0.05, 0) is 70.0 Å². The van der Waals surface area contributed by atoms with Crippen LogP contribution in [0, 0.1) is 0 Å². The smallest absolute Gasteiger partial charge is 0.161 e. The fourth-order valence-corrected chi connectivity index (χ4v) is 3.90. The molecule has 4 heteroatoms. The molecule has 0 aliphatic heterocycles. The Morgan fingerprint density at radius 1 is 0.714 bits per heavy atom. The molecule has 0 amide bonds. The number of aromatic nitrogens is 4. The molecule has 8 rings (SSSR count). The van der Waals surface area contributed by atoms with E-state index in [-0.39, 0.29) is 0 Å². The first kappa shape index (κ1) is 16.9. The van der Waals surface area contributed by atoms with Gasteiger partial charge < -0.3 is 0 Å². The molecule has 3 aromatic carbocycles. The molecule has 1 heterocycles. The van der Waals surface area contributed by atoms with Crippen LogP contribution >= 0.6 is 0 Å². The maximum atomic E-state index is 4.35. The van der Waals surface area contributed by atoms with Gasteiger partial charge in [0.1, 0.15) is 0 Å². The third-order valence-corrected chi connectivity index (χ3v) is 5.53. The highest BCUT2D eigenvalue weighted by Crippen LogP contribution is 2.23. The molecular weight excluding hydrogens is 344 g/mol. The Hall–Kier alpha value is -3.27. The molecule has 138 valence electrons. The van der Waals surface area contributed by atoms with E-state index in [9.17, 15) is 0 Å². The zero-order valence-corrected chi connectivity index (χ0v) is 15.8. The summed E-state index contributed by atoms with van der Waals surface area (Å²) < 4.78 is 1.93. The van der Waals surface area contributed by atoms with Crippen LogP contribution in [0.1, 0.15) is 33.6 Å². The monoisotopic (exact) mass is 366 g/mol. The lowest BCUT2D eigenvalue weighted by Crippen LogP contribution is -2.09. The van der Waals surface area contributed by atoms with E-state index in [0.717, 1.165) is 43.6 Å². The SMILES string of the molecule is c1ccc(Cc2nnnn2-c2cc3ccc2CCc2ccc(cc2)CC3)cc1. The van der Waals surface area contributed by atoms with Crippen molar-refractivity contribution in [1.29, 1.82) is 0 Å².